The zero-order valence-corrected chi connectivity index (χ0v) is 14.4. The zero-order chi connectivity index (χ0) is 16.6. The van der Waals surface area contributed by atoms with Crippen LogP contribution in [-0.4, -0.2) is 50.9 Å². The number of benzene rings is 1. The molecule has 0 fully saturated rings. The molecule has 0 saturated carbocycles. The van der Waals surface area contributed by atoms with Crippen molar-refractivity contribution in [2.45, 2.75) is 20.8 Å². The summed E-state index contributed by atoms with van der Waals surface area (Å²) >= 11 is 0. The summed E-state index contributed by atoms with van der Waals surface area (Å²) in [5, 5.41) is 0. The SMILES string of the molecule is CC[N+](CC)(CC)C/C(=C/c1ccc(OC)cc1)C(=O)OC. The molecule has 0 heterocycles. The molecule has 4 nitrogen and oxygen atoms in total. The van der Waals surface area contributed by atoms with E-state index in [0.29, 0.717) is 12.1 Å². The lowest BCUT2D eigenvalue weighted by Crippen LogP contribution is -2.49. The smallest absolute Gasteiger partial charge is 0.339 e. The Morgan fingerprint density at radius 3 is 2.00 bits per heavy atom. The largest absolute Gasteiger partial charge is 0.497 e. The van der Waals surface area contributed by atoms with Crippen LogP contribution in [0, 0.1) is 0 Å². The third-order valence-electron chi connectivity index (χ3n) is 4.42. The third-order valence-corrected chi connectivity index (χ3v) is 4.42. The molecule has 0 aromatic heterocycles. The first-order chi connectivity index (χ1) is 10.5. The summed E-state index contributed by atoms with van der Waals surface area (Å²) in [6.45, 7) is 10.1. The van der Waals surface area contributed by atoms with Crippen LogP contribution in [0.2, 0.25) is 0 Å². The average Bonchev–Trinajstić information content (AvgIpc) is 2.58. The molecule has 1 aromatic carbocycles. The molecule has 0 atom stereocenters. The maximum Gasteiger partial charge on any atom is 0.339 e. The number of ether oxygens (including phenoxy) is 2. The fourth-order valence-corrected chi connectivity index (χ4v) is 2.57. The van der Waals surface area contributed by atoms with E-state index >= 15 is 0 Å². The number of methoxy groups -OCH3 is 2. The molecule has 1 aromatic rings. The number of rotatable bonds is 8. The first-order valence-electron chi connectivity index (χ1n) is 7.82. The summed E-state index contributed by atoms with van der Waals surface area (Å²) in [6.07, 6.45) is 1.92. The third kappa shape index (κ3) is 4.60. The molecule has 0 unspecified atom stereocenters. The van der Waals surface area contributed by atoms with Gasteiger partial charge in [-0.3, -0.25) is 0 Å². The van der Waals surface area contributed by atoms with Gasteiger partial charge in [-0.05, 0) is 44.5 Å². The van der Waals surface area contributed by atoms with Crippen molar-refractivity contribution < 1.29 is 18.8 Å². The molecule has 0 spiro atoms. The number of hydrogen-bond donors (Lipinski definition) is 0. The molecule has 122 valence electrons. The summed E-state index contributed by atoms with van der Waals surface area (Å²) in [5.41, 5.74) is 1.68. The Hall–Kier alpha value is -1.81. The maximum absolute atomic E-state index is 12.1. The number of likely N-dealkylation sites (N-methyl/N-ethyl adjacent to an activating group) is 1. The highest BCUT2D eigenvalue weighted by Gasteiger charge is 2.26. The monoisotopic (exact) mass is 306 g/mol. The van der Waals surface area contributed by atoms with E-state index in [-0.39, 0.29) is 5.97 Å². The number of hydrogen-bond acceptors (Lipinski definition) is 3. The van der Waals surface area contributed by atoms with Crippen molar-refractivity contribution in [1.82, 2.24) is 0 Å². The highest BCUT2D eigenvalue weighted by molar-refractivity contribution is 5.93. The molecular formula is C18H28NO3+. The van der Waals surface area contributed by atoms with Gasteiger partial charge in [-0.2, -0.15) is 0 Å². The van der Waals surface area contributed by atoms with Crippen LogP contribution in [0.15, 0.2) is 29.8 Å². The molecule has 0 radical (unpaired) electrons. The lowest BCUT2D eigenvalue weighted by molar-refractivity contribution is -0.918. The van der Waals surface area contributed by atoms with E-state index < -0.39 is 0 Å². The van der Waals surface area contributed by atoms with Gasteiger partial charge in [0.25, 0.3) is 0 Å². The number of quaternary nitrogens is 1. The lowest BCUT2D eigenvalue weighted by atomic mass is 10.1. The summed E-state index contributed by atoms with van der Waals surface area (Å²) in [7, 11) is 3.07. The molecule has 0 amide bonds. The second-order valence-electron chi connectivity index (χ2n) is 5.38. The fourth-order valence-electron chi connectivity index (χ4n) is 2.57. The van der Waals surface area contributed by atoms with Gasteiger partial charge in [-0.1, -0.05) is 12.1 Å². The van der Waals surface area contributed by atoms with Crippen LogP contribution in [-0.2, 0) is 9.53 Å². The number of carbonyl (C=O) groups excluding carboxylic acids is 1. The molecule has 1 rings (SSSR count). The van der Waals surface area contributed by atoms with Gasteiger partial charge in [0.2, 0.25) is 0 Å². The minimum atomic E-state index is -0.256. The first-order valence-corrected chi connectivity index (χ1v) is 7.82. The van der Waals surface area contributed by atoms with Gasteiger partial charge in [0, 0.05) is 0 Å². The highest BCUT2D eigenvalue weighted by Crippen LogP contribution is 2.18. The summed E-state index contributed by atoms with van der Waals surface area (Å²) < 4.78 is 11.0. The lowest BCUT2D eigenvalue weighted by Gasteiger charge is -2.36. The molecule has 0 aliphatic rings. The maximum atomic E-state index is 12.1. The Morgan fingerprint density at radius 1 is 1.05 bits per heavy atom. The van der Waals surface area contributed by atoms with Crippen molar-refractivity contribution in [2.75, 3.05) is 40.4 Å². The topological polar surface area (TPSA) is 35.5 Å². The molecule has 0 saturated heterocycles. The highest BCUT2D eigenvalue weighted by atomic mass is 16.5. The van der Waals surface area contributed by atoms with Crippen molar-refractivity contribution in [3.8, 4) is 5.75 Å². The summed E-state index contributed by atoms with van der Waals surface area (Å²) in [6, 6.07) is 7.67. The van der Waals surface area contributed by atoms with Gasteiger partial charge in [0.1, 0.15) is 12.3 Å². The molecular weight excluding hydrogens is 278 g/mol. The van der Waals surface area contributed by atoms with Crippen LogP contribution in [0.5, 0.6) is 5.75 Å². The normalized spacial score (nSPS) is 12.1. The van der Waals surface area contributed by atoms with Gasteiger partial charge in [0.15, 0.2) is 0 Å². The van der Waals surface area contributed by atoms with E-state index in [4.69, 9.17) is 9.47 Å². The van der Waals surface area contributed by atoms with Crippen LogP contribution >= 0.6 is 0 Å². The van der Waals surface area contributed by atoms with Crippen LogP contribution in [0.3, 0.4) is 0 Å². The van der Waals surface area contributed by atoms with E-state index in [1.165, 1.54) is 7.11 Å². The predicted octanol–water partition coefficient (Wildman–Crippen LogP) is 3.13. The van der Waals surface area contributed by atoms with Crippen LogP contribution in [0.1, 0.15) is 26.3 Å². The average molecular weight is 306 g/mol. The second kappa shape index (κ2) is 8.59. The van der Waals surface area contributed by atoms with Gasteiger partial charge < -0.3 is 14.0 Å². The molecule has 0 aliphatic carbocycles. The van der Waals surface area contributed by atoms with Gasteiger partial charge in [-0.25, -0.2) is 4.79 Å². The van der Waals surface area contributed by atoms with Crippen molar-refractivity contribution in [2.24, 2.45) is 0 Å². The molecule has 22 heavy (non-hydrogen) atoms. The molecule has 4 heteroatoms. The summed E-state index contributed by atoms with van der Waals surface area (Å²) in [4.78, 5) is 12.1. The van der Waals surface area contributed by atoms with Gasteiger partial charge in [0.05, 0.1) is 39.4 Å². The van der Waals surface area contributed by atoms with Gasteiger partial charge in [-0.15, -0.1) is 0 Å². The Morgan fingerprint density at radius 2 is 1.59 bits per heavy atom. The Balaban J connectivity index is 3.11. The predicted molar refractivity (Wildman–Crippen MR) is 89.7 cm³/mol. The standard InChI is InChI=1S/C18H28NO3/c1-6-19(7-2,8-3)14-16(18(20)22-5)13-15-9-11-17(21-4)12-10-15/h9-13H,6-8,14H2,1-5H3/q+1/b16-13-. The molecule has 0 N–H and O–H groups in total. The van der Waals surface area contributed by atoms with Crippen LogP contribution in [0.4, 0.5) is 0 Å². The Bertz CT molecular complexity index is 493. The number of nitrogens with zero attached hydrogens (tertiary/aromatic N) is 1. The van der Waals surface area contributed by atoms with E-state index in [9.17, 15) is 4.79 Å². The minimum Gasteiger partial charge on any atom is -0.497 e. The quantitative estimate of drug-likeness (QED) is 0.420. The second-order valence-corrected chi connectivity index (χ2v) is 5.38. The van der Waals surface area contributed by atoms with E-state index in [1.807, 2.05) is 30.3 Å². The Kier molecular flexibility index (Phi) is 7.12. The fraction of sp³-hybridized carbons (Fsp3) is 0.500. The molecule has 0 bridgehead atoms. The van der Waals surface area contributed by atoms with Gasteiger partial charge >= 0.3 is 5.97 Å². The van der Waals surface area contributed by atoms with Crippen molar-refractivity contribution in [1.29, 1.82) is 0 Å². The zero-order valence-electron chi connectivity index (χ0n) is 14.4. The number of esters is 1. The van der Waals surface area contributed by atoms with Crippen LogP contribution < -0.4 is 4.74 Å². The van der Waals surface area contributed by atoms with Crippen molar-refractivity contribution in [3.05, 3.63) is 35.4 Å². The number of carbonyl (C=O) groups is 1. The first kappa shape index (κ1) is 18.2. The minimum absolute atomic E-state index is 0.256. The van der Waals surface area contributed by atoms with E-state index in [0.717, 1.165) is 35.4 Å². The van der Waals surface area contributed by atoms with Crippen molar-refractivity contribution >= 4 is 12.0 Å². The van der Waals surface area contributed by atoms with E-state index in [1.54, 1.807) is 7.11 Å². The van der Waals surface area contributed by atoms with Crippen molar-refractivity contribution in [3.63, 3.8) is 0 Å². The summed E-state index contributed by atoms with van der Waals surface area (Å²) in [5.74, 6) is 0.547. The van der Waals surface area contributed by atoms with Crippen LogP contribution in [0.25, 0.3) is 6.08 Å². The molecule has 0 aliphatic heterocycles. The van der Waals surface area contributed by atoms with E-state index in [2.05, 4.69) is 20.8 Å². The Labute approximate surface area is 133 Å².